The third kappa shape index (κ3) is 3.15. The Labute approximate surface area is 115 Å². The molecule has 1 nitrogen and oxygen atoms in total. The summed E-state index contributed by atoms with van der Waals surface area (Å²) in [6, 6.07) is 7.99. The largest absolute Gasteiger partial charge is 0.293 e. The zero-order valence-electron chi connectivity index (χ0n) is 8.54. The lowest BCUT2D eigenvalue weighted by molar-refractivity contribution is 0.0995. The van der Waals surface area contributed by atoms with Gasteiger partial charge in [0, 0.05) is 10.9 Å². The highest BCUT2D eigenvalue weighted by Crippen LogP contribution is 2.23. The van der Waals surface area contributed by atoms with E-state index in [-0.39, 0.29) is 18.0 Å². The van der Waals surface area contributed by atoms with Crippen LogP contribution in [-0.2, 0) is 6.42 Å². The van der Waals surface area contributed by atoms with Crippen molar-refractivity contribution in [3.05, 3.63) is 55.4 Å². The molecule has 0 aliphatic carbocycles. The molecule has 0 fully saturated rings. The highest BCUT2D eigenvalue weighted by atomic mass is 79.9. The van der Waals surface area contributed by atoms with Crippen LogP contribution in [-0.4, -0.2) is 5.78 Å². The number of carbonyl (C=O) groups excluding carboxylic acids is 1. The van der Waals surface area contributed by atoms with Gasteiger partial charge in [-0.1, -0.05) is 33.6 Å². The summed E-state index contributed by atoms with van der Waals surface area (Å²) in [4.78, 5) is 12.4. The van der Waals surface area contributed by atoms with E-state index in [1.54, 1.807) is 24.3 Å². The first-order chi connectivity index (χ1) is 8.06. The number of thiophene rings is 1. The summed E-state index contributed by atoms with van der Waals surface area (Å²) in [6.45, 7) is 0. The summed E-state index contributed by atoms with van der Waals surface area (Å²) in [6.07, 6.45) is 0.0515. The number of halogens is 3. The first kappa shape index (κ1) is 12.7. The molecule has 0 atom stereocenters. The molecule has 0 saturated carbocycles. The molecule has 0 radical (unpaired) electrons. The van der Waals surface area contributed by atoms with E-state index < -0.39 is 0 Å². The number of rotatable bonds is 3. The fraction of sp³-hybridized carbons (Fsp3) is 0.0833. The molecule has 0 saturated heterocycles. The Morgan fingerprint density at radius 3 is 2.71 bits per heavy atom. The number of hydrogen-bond acceptors (Lipinski definition) is 2. The van der Waals surface area contributed by atoms with Gasteiger partial charge in [0.1, 0.15) is 5.82 Å². The van der Waals surface area contributed by atoms with Crippen LogP contribution in [0.3, 0.4) is 0 Å². The normalized spacial score (nSPS) is 10.5. The highest BCUT2D eigenvalue weighted by Gasteiger charge is 2.12. The van der Waals surface area contributed by atoms with Crippen molar-refractivity contribution in [1.29, 1.82) is 0 Å². The summed E-state index contributed by atoms with van der Waals surface area (Å²) < 4.78 is 14.7. The van der Waals surface area contributed by atoms with E-state index in [2.05, 4.69) is 15.9 Å². The van der Waals surface area contributed by atoms with Crippen molar-refractivity contribution in [2.45, 2.75) is 6.42 Å². The molecule has 0 bridgehead atoms. The molecule has 0 aliphatic rings. The lowest BCUT2D eigenvalue weighted by atomic mass is 10.1. The van der Waals surface area contributed by atoms with Crippen molar-refractivity contribution in [3.63, 3.8) is 0 Å². The van der Waals surface area contributed by atoms with Crippen molar-refractivity contribution in [3.8, 4) is 0 Å². The summed E-state index contributed by atoms with van der Waals surface area (Å²) in [5.74, 6) is -0.501. The molecule has 88 valence electrons. The van der Waals surface area contributed by atoms with Gasteiger partial charge >= 0.3 is 0 Å². The standard InChI is InChI=1S/C12H7BrClFOS/c13-8-2-1-7(9(15)6-8)5-10(16)11-3-4-12(14)17-11/h1-4,6H,5H2. The fourth-order valence-corrected chi connectivity index (χ4v) is 2.70. The zero-order valence-corrected chi connectivity index (χ0v) is 11.7. The van der Waals surface area contributed by atoms with E-state index in [1.807, 2.05) is 0 Å². The van der Waals surface area contributed by atoms with Crippen LogP contribution in [0.25, 0.3) is 0 Å². The Bertz CT molecular complexity index is 567. The monoisotopic (exact) mass is 332 g/mol. The van der Waals surface area contributed by atoms with Crippen molar-refractivity contribution >= 4 is 44.7 Å². The summed E-state index contributed by atoms with van der Waals surface area (Å²) in [5, 5.41) is 0. The second kappa shape index (κ2) is 5.29. The lowest BCUT2D eigenvalue weighted by Gasteiger charge is -2.01. The zero-order chi connectivity index (χ0) is 12.4. The maximum Gasteiger partial charge on any atom is 0.177 e. The minimum Gasteiger partial charge on any atom is -0.293 e. The minimum atomic E-state index is -0.379. The van der Waals surface area contributed by atoms with Gasteiger partial charge < -0.3 is 0 Å². The molecule has 5 heteroatoms. The van der Waals surface area contributed by atoms with Crippen molar-refractivity contribution in [1.82, 2.24) is 0 Å². The maximum absolute atomic E-state index is 13.5. The molecule has 0 N–H and O–H groups in total. The van der Waals surface area contributed by atoms with Gasteiger partial charge in [0.15, 0.2) is 5.78 Å². The molecule has 0 spiro atoms. The van der Waals surface area contributed by atoms with Crippen LogP contribution in [0.1, 0.15) is 15.2 Å². The molecule has 0 unspecified atom stereocenters. The van der Waals surface area contributed by atoms with E-state index >= 15 is 0 Å². The Balaban J connectivity index is 2.18. The summed E-state index contributed by atoms with van der Waals surface area (Å²) in [7, 11) is 0. The number of benzene rings is 1. The highest BCUT2D eigenvalue weighted by molar-refractivity contribution is 9.10. The van der Waals surface area contributed by atoms with Crippen LogP contribution in [0.4, 0.5) is 4.39 Å². The molecule has 0 aliphatic heterocycles. The first-order valence-electron chi connectivity index (χ1n) is 4.79. The van der Waals surface area contributed by atoms with Crippen LogP contribution in [0.5, 0.6) is 0 Å². The molecular formula is C12H7BrClFOS. The summed E-state index contributed by atoms with van der Waals surface area (Å²) >= 11 is 10.1. The fourth-order valence-electron chi connectivity index (χ4n) is 1.39. The molecule has 1 heterocycles. The van der Waals surface area contributed by atoms with Gasteiger partial charge in [-0.3, -0.25) is 4.79 Å². The quantitative estimate of drug-likeness (QED) is 0.742. The molecule has 17 heavy (non-hydrogen) atoms. The van der Waals surface area contributed by atoms with E-state index in [4.69, 9.17) is 11.6 Å². The second-order valence-corrected chi connectivity index (χ2v) is 6.07. The van der Waals surface area contributed by atoms with Gasteiger partial charge in [0.2, 0.25) is 0 Å². The molecule has 0 amide bonds. The Kier molecular flexibility index (Phi) is 3.97. The SMILES string of the molecule is O=C(Cc1ccc(Br)cc1F)c1ccc(Cl)s1. The summed E-state index contributed by atoms with van der Waals surface area (Å²) in [5.41, 5.74) is 0.391. The smallest absolute Gasteiger partial charge is 0.177 e. The Morgan fingerprint density at radius 2 is 2.12 bits per heavy atom. The molecule has 2 rings (SSSR count). The molecule has 1 aromatic heterocycles. The van der Waals surface area contributed by atoms with E-state index in [9.17, 15) is 9.18 Å². The maximum atomic E-state index is 13.5. The van der Waals surface area contributed by atoms with E-state index in [0.717, 1.165) is 0 Å². The van der Waals surface area contributed by atoms with Crippen LogP contribution < -0.4 is 0 Å². The average molecular weight is 334 g/mol. The second-order valence-electron chi connectivity index (χ2n) is 3.44. The van der Waals surface area contributed by atoms with Crippen LogP contribution in [0.15, 0.2) is 34.8 Å². The van der Waals surface area contributed by atoms with Gasteiger partial charge in [-0.15, -0.1) is 11.3 Å². The topological polar surface area (TPSA) is 17.1 Å². The third-order valence-corrected chi connectivity index (χ3v) is 3.98. The Morgan fingerprint density at radius 1 is 1.35 bits per heavy atom. The molecule has 1 aromatic carbocycles. The van der Waals surface area contributed by atoms with Gasteiger partial charge in [-0.05, 0) is 29.8 Å². The number of ketones is 1. The van der Waals surface area contributed by atoms with Crippen molar-refractivity contribution in [2.75, 3.05) is 0 Å². The molecule has 2 aromatic rings. The third-order valence-electron chi connectivity index (χ3n) is 2.21. The predicted octanol–water partition coefficient (Wildman–Crippen LogP) is 4.73. The van der Waals surface area contributed by atoms with E-state index in [0.29, 0.717) is 19.2 Å². The van der Waals surface area contributed by atoms with Gasteiger partial charge in [0.25, 0.3) is 0 Å². The molecular weight excluding hydrogens is 327 g/mol. The minimum absolute atomic E-state index is 0.0515. The first-order valence-corrected chi connectivity index (χ1v) is 6.77. The average Bonchev–Trinajstić information content (AvgIpc) is 2.69. The number of hydrogen-bond donors (Lipinski definition) is 0. The number of Topliss-reactive ketones (excluding diaryl/α,β-unsaturated/α-hetero) is 1. The van der Waals surface area contributed by atoms with Gasteiger partial charge in [-0.25, -0.2) is 4.39 Å². The Hall–Kier alpha value is -0.710. The van der Waals surface area contributed by atoms with Gasteiger partial charge in [-0.2, -0.15) is 0 Å². The van der Waals surface area contributed by atoms with Crippen molar-refractivity contribution < 1.29 is 9.18 Å². The van der Waals surface area contributed by atoms with Crippen LogP contribution in [0.2, 0.25) is 4.34 Å². The van der Waals surface area contributed by atoms with Crippen molar-refractivity contribution in [2.24, 2.45) is 0 Å². The van der Waals surface area contributed by atoms with Crippen LogP contribution >= 0.6 is 38.9 Å². The number of carbonyl (C=O) groups is 1. The predicted molar refractivity (Wildman–Crippen MR) is 71.5 cm³/mol. The van der Waals surface area contributed by atoms with Crippen LogP contribution in [0, 0.1) is 5.82 Å². The van der Waals surface area contributed by atoms with E-state index in [1.165, 1.54) is 17.4 Å². The van der Waals surface area contributed by atoms with Gasteiger partial charge in [0.05, 0.1) is 9.21 Å². The lowest BCUT2D eigenvalue weighted by Crippen LogP contribution is -2.03.